The number of carbonyl (C=O) groups excluding carboxylic acids is 1. The van der Waals surface area contributed by atoms with Gasteiger partial charge in [-0.25, -0.2) is 4.79 Å². The quantitative estimate of drug-likeness (QED) is 0.404. The smallest absolute Gasteiger partial charge is 0.336 e. The van der Waals surface area contributed by atoms with Gasteiger partial charge >= 0.3 is 5.97 Å². The van der Waals surface area contributed by atoms with Crippen LogP contribution in [0.4, 0.5) is 5.00 Å². The van der Waals surface area contributed by atoms with Crippen molar-refractivity contribution in [3.8, 4) is 28.7 Å². The number of benzene rings is 2. The SMILES string of the molecule is COc1ccc(-c2c(C)sc(NC(=O)c3cc(O)c(C)cc3C(=O)O)c2C#N)cc1.O=CO. The van der Waals surface area contributed by atoms with E-state index in [1.54, 1.807) is 26.2 Å². The number of methoxy groups -OCH3 is 1. The zero-order chi connectivity index (χ0) is 24.7. The highest BCUT2D eigenvalue weighted by Crippen LogP contribution is 2.40. The van der Waals surface area contributed by atoms with Crippen LogP contribution in [0.2, 0.25) is 0 Å². The molecule has 0 aliphatic heterocycles. The normalized spacial score (nSPS) is 9.76. The van der Waals surface area contributed by atoms with Crippen molar-refractivity contribution in [3.63, 3.8) is 0 Å². The molecule has 9 nitrogen and oxygen atoms in total. The number of hydrogen-bond acceptors (Lipinski definition) is 7. The van der Waals surface area contributed by atoms with Gasteiger partial charge in [0.25, 0.3) is 12.4 Å². The predicted molar refractivity (Wildman–Crippen MR) is 122 cm³/mol. The molecule has 170 valence electrons. The van der Waals surface area contributed by atoms with Crippen LogP contribution in [0.25, 0.3) is 11.1 Å². The highest BCUT2D eigenvalue weighted by atomic mass is 32.1. The van der Waals surface area contributed by atoms with Gasteiger partial charge in [-0.05, 0) is 49.2 Å². The first-order chi connectivity index (χ1) is 15.7. The van der Waals surface area contributed by atoms with Gasteiger partial charge in [0.1, 0.15) is 22.6 Å². The summed E-state index contributed by atoms with van der Waals surface area (Å²) in [6.45, 7) is 3.13. The van der Waals surface area contributed by atoms with Crippen molar-refractivity contribution in [1.82, 2.24) is 0 Å². The van der Waals surface area contributed by atoms with Crippen LogP contribution < -0.4 is 10.1 Å². The number of aryl methyl sites for hydroxylation is 2. The van der Waals surface area contributed by atoms with Crippen molar-refractivity contribution in [3.05, 3.63) is 63.5 Å². The first-order valence-electron chi connectivity index (χ1n) is 9.32. The van der Waals surface area contributed by atoms with E-state index in [0.717, 1.165) is 16.5 Å². The first kappa shape index (κ1) is 24.9. The molecule has 1 aromatic heterocycles. The number of carbonyl (C=O) groups is 3. The lowest BCUT2D eigenvalue weighted by Gasteiger charge is -2.09. The fourth-order valence-corrected chi connectivity index (χ4v) is 4.10. The molecule has 0 aliphatic carbocycles. The van der Waals surface area contributed by atoms with Crippen LogP contribution in [-0.4, -0.2) is 40.8 Å². The zero-order valence-electron chi connectivity index (χ0n) is 17.9. The maximum atomic E-state index is 12.8. The summed E-state index contributed by atoms with van der Waals surface area (Å²) in [7, 11) is 1.56. The zero-order valence-corrected chi connectivity index (χ0v) is 18.7. The highest BCUT2D eigenvalue weighted by Gasteiger charge is 2.23. The molecule has 0 unspecified atom stereocenters. The lowest BCUT2D eigenvalue weighted by molar-refractivity contribution is -0.122. The lowest BCUT2D eigenvalue weighted by Crippen LogP contribution is -2.16. The molecular formula is C23H20N2O7S. The summed E-state index contributed by atoms with van der Waals surface area (Å²) in [4.78, 5) is 33.5. The van der Waals surface area contributed by atoms with Crippen molar-refractivity contribution in [2.45, 2.75) is 13.8 Å². The largest absolute Gasteiger partial charge is 0.508 e. The van der Waals surface area contributed by atoms with Gasteiger partial charge in [-0.1, -0.05) is 12.1 Å². The van der Waals surface area contributed by atoms with E-state index in [9.17, 15) is 25.1 Å². The minimum absolute atomic E-state index is 0.188. The molecule has 3 aromatic rings. The number of phenolic OH excluding ortho intramolecular Hbond substituents is 1. The number of ether oxygens (including phenoxy) is 1. The molecule has 1 amide bonds. The maximum absolute atomic E-state index is 12.8. The highest BCUT2D eigenvalue weighted by molar-refractivity contribution is 7.17. The summed E-state index contributed by atoms with van der Waals surface area (Å²) in [6, 6.07) is 11.7. The fraction of sp³-hybridized carbons (Fsp3) is 0.130. The Kier molecular flexibility index (Phi) is 8.14. The molecule has 0 bridgehead atoms. The molecule has 0 fully saturated rings. The van der Waals surface area contributed by atoms with E-state index in [0.29, 0.717) is 21.9 Å². The molecule has 0 saturated carbocycles. The van der Waals surface area contributed by atoms with E-state index in [1.165, 1.54) is 17.4 Å². The summed E-state index contributed by atoms with van der Waals surface area (Å²) in [5.41, 5.74) is 1.68. The van der Waals surface area contributed by atoms with Gasteiger partial charge in [0.2, 0.25) is 0 Å². The van der Waals surface area contributed by atoms with E-state index < -0.39 is 11.9 Å². The number of rotatable bonds is 5. The second kappa shape index (κ2) is 10.8. The number of nitrogens with zero attached hydrogens (tertiary/aromatic N) is 1. The van der Waals surface area contributed by atoms with Gasteiger partial charge in [-0.15, -0.1) is 11.3 Å². The average Bonchev–Trinajstić information content (AvgIpc) is 3.10. The minimum atomic E-state index is -1.29. The van der Waals surface area contributed by atoms with E-state index in [-0.39, 0.29) is 28.9 Å². The molecule has 3 rings (SSSR count). The minimum Gasteiger partial charge on any atom is -0.508 e. The van der Waals surface area contributed by atoms with Crippen LogP contribution >= 0.6 is 11.3 Å². The number of amides is 1. The Morgan fingerprint density at radius 1 is 1.15 bits per heavy atom. The summed E-state index contributed by atoms with van der Waals surface area (Å²) in [6.07, 6.45) is 0. The van der Waals surface area contributed by atoms with Crippen molar-refractivity contribution in [1.29, 1.82) is 5.26 Å². The number of nitriles is 1. The Morgan fingerprint density at radius 3 is 2.27 bits per heavy atom. The number of nitrogens with one attached hydrogen (secondary N) is 1. The molecule has 2 aromatic carbocycles. The Balaban J connectivity index is 0.00000122. The fourth-order valence-electron chi connectivity index (χ4n) is 3.08. The number of carboxylic acids is 1. The van der Waals surface area contributed by atoms with Crippen molar-refractivity contribution < 1.29 is 34.4 Å². The van der Waals surface area contributed by atoms with Crippen LogP contribution in [0.5, 0.6) is 11.5 Å². The van der Waals surface area contributed by atoms with Crippen molar-refractivity contribution >= 4 is 34.7 Å². The Morgan fingerprint density at radius 2 is 1.76 bits per heavy atom. The Hall–Kier alpha value is -4.36. The van der Waals surface area contributed by atoms with Crippen LogP contribution in [0.3, 0.4) is 0 Å². The summed E-state index contributed by atoms with van der Waals surface area (Å²) in [5.74, 6) is -1.52. The monoisotopic (exact) mass is 468 g/mol. The Bertz CT molecular complexity index is 1240. The number of phenols is 1. The molecule has 0 spiro atoms. The van der Waals surface area contributed by atoms with Gasteiger partial charge in [-0.2, -0.15) is 5.26 Å². The van der Waals surface area contributed by atoms with E-state index in [4.69, 9.17) is 14.6 Å². The van der Waals surface area contributed by atoms with Gasteiger partial charge in [0, 0.05) is 10.4 Å². The summed E-state index contributed by atoms with van der Waals surface area (Å²) >= 11 is 1.22. The molecular weight excluding hydrogens is 448 g/mol. The molecule has 0 atom stereocenters. The number of anilines is 1. The molecule has 0 aliphatic rings. The van der Waals surface area contributed by atoms with Crippen molar-refractivity contribution in [2.75, 3.05) is 12.4 Å². The summed E-state index contributed by atoms with van der Waals surface area (Å²) < 4.78 is 5.16. The summed E-state index contributed by atoms with van der Waals surface area (Å²) in [5, 5.41) is 38.9. The molecule has 10 heteroatoms. The van der Waals surface area contributed by atoms with Gasteiger partial charge in [0.05, 0.1) is 23.8 Å². The number of carboxylic acid groups (broad SMARTS) is 2. The first-order valence-corrected chi connectivity index (χ1v) is 10.1. The third kappa shape index (κ3) is 5.47. The van der Waals surface area contributed by atoms with Crippen LogP contribution in [-0.2, 0) is 4.79 Å². The van der Waals surface area contributed by atoms with E-state index >= 15 is 0 Å². The number of aromatic carboxylic acids is 1. The maximum Gasteiger partial charge on any atom is 0.336 e. The molecule has 33 heavy (non-hydrogen) atoms. The predicted octanol–water partition coefficient (Wildman–Crippen LogP) is 4.27. The average molecular weight is 468 g/mol. The van der Waals surface area contributed by atoms with Crippen LogP contribution in [0, 0.1) is 25.2 Å². The molecule has 1 heterocycles. The second-order valence-electron chi connectivity index (χ2n) is 6.63. The molecule has 4 N–H and O–H groups in total. The van der Waals surface area contributed by atoms with Crippen LogP contribution in [0.1, 0.15) is 36.7 Å². The number of thiophene rings is 1. The lowest BCUT2D eigenvalue weighted by atomic mass is 10.0. The van der Waals surface area contributed by atoms with Crippen molar-refractivity contribution in [2.24, 2.45) is 0 Å². The third-order valence-corrected chi connectivity index (χ3v) is 5.63. The van der Waals surface area contributed by atoms with E-state index in [2.05, 4.69) is 11.4 Å². The van der Waals surface area contributed by atoms with Gasteiger partial charge in [-0.3, -0.25) is 9.59 Å². The third-order valence-electron chi connectivity index (χ3n) is 4.61. The van der Waals surface area contributed by atoms with E-state index in [1.807, 2.05) is 19.1 Å². The number of aromatic hydroxyl groups is 1. The molecule has 0 saturated heterocycles. The van der Waals surface area contributed by atoms with Gasteiger partial charge < -0.3 is 25.4 Å². The standard InChI is InChI=1S/C22H18N2O5S.CH2O2/c1-11-8-16(22(27)28)15(9-18(11)25)20(26)24-21-17(10-23)19(12(2)30-21)13-4-6-14(29-3)7-5-13;2-1-3/h4-9,25H,1-3H3,(H,24,26)(H,27,28);1H,(H,2,3). The van der Waals surface area contributed by atoms with Crippen LogP contribution in [0.15, 0.2) is 36.4 Å². The van der Waals surface area contributed by atoms with Gasteiger partial charge in [0.15, 0.2) is 0 Å². The topological polar surface area (TPSA) is 157 Å². The molecule has 0 radical (unpaired) electrons. The Labute approximate surface area is 193 Å². The number of hydrogen-bond donors (Lipinski definition) is 4. The second-order valence-corrected chi connectivity index (χ2v) is 7.85.